The largest absolute Gasteiger partial charge is 0.368 e. The van der Waals surface area contributed by atoms with E-state index in [0.29, 0.717) is 17.4 Å². The van der Waals surface area contributed by atoms with Crippen LogP contribution in [0.4, 0.5) is 5.95 Å². The average Bonchev–Trinajstić information content (AvgIpc) is 1.85. The van der Waals surface area contributed by atoms with Crippen molar-refractivity contribution >= 4 is 17.5 Å². The van der Waals surface area contributed by atoms with E-state index in [1.54, 1.807) is 6.07 Å². The highest BCUT2D eigenvalue weighted by molar-refractivity contribution is 6.29. The predicted octanol–water partition coefficient (Wildman–Crippen LogP) is 0.171. The Morgan fingerprint density at radius 2 is 2.20 bits per heavy atom. The van der Waals surface area contributed by atoms with Gasteiger partial charge in [0.05, 0.1) is 5.69 Å². The van der Waals surface area contributed by atoms with Crippen LogP contribution in [0.25, 0.3) is 0 Å². The van der Waals surface area contributed by atoms with Gasteiger partial charge in [-0.2, -0.15) is 0 Å². The molecule has 1 aromatic heterocycles. The number of hydrogen-bond donors (Lipinski definition) is 2. The molecule has 4 nitrogen and oxygen atoms in total. The van der Waals surface area contributed by atoms with Crippen LogP contribution in [0.2, 0.25) is 5.15 Å². The highest BCUT2D eigenvalue weighted by atomic mass is 35.5. The maximum atomic E-state index is 5.54. The Balaban J connectivity index is 3.06. The van der Waals surface area contributed by atoms with Crippen molar-refractivity contribution in [3.05, 3.63) is 16.9 Å². The third-order valence-corrected chi connectivity index (χ3v) is 1.17. The molecule has 0 saturated heterocycles. The Labute approximate surface area is 63.2 Å². The number of hydrogen-bond acceptors (Lipinski definition) is 4. The van der Waals surface area contributed by atoms with E-state index in [9.17, 15) is 0 Å². The predicted molar refractivity (Wildman–Crippen MR) is 39.3 cm³/mol. The van der Waals surface area contributed by atoms with Crippen molar-refractivity contribution in [2.24, 2.45) is 5.73 Å². The fraction of sp³-hybridized carbons (Fsp3) is 0.200. The zero-order valence-corrected chi connectivity index (χ0v) is 5.97. The molecule has 0 saturated carbocycles. The fourth-order valence-electron chi connectivity index (χ4n) is 0.588. The Kier molecular flexibility index (Phi) is 2.03. The van der Waals surface area contributed by atoms with Crippen LogP contribution in [0.15, 0.2) is 6.07 Å². The number of nitrogens with two attached hydrogens (primary N) is 2. The number of nitrogens with zero attached hydrogens (tertiary/aromatic N) is 2. The van der Waals surface area contributed by atoms with Crippen LogP contribution in [0.1, 0.15) is 5.69 Å². The molecule has 54 valence electrons. The first kappa shape index (κ1) is 7.24. The summed E-state index contributed by atoms with van der Waals surface area (Å²) in [5.41, 5.74) is 11.2. The molecule has 1 aromatic rings. The van der Waals surface area contributed by atoms with Crippen LogP contribution in [0, 0.1) is 0 Å². The molecule has 0 spiro atoms. The first-order valence-corrected chi connectivity index (χ1v) is 3.09. The lowest BCUT2D eigenvalue weighted by Gasteiger charge is -1.96. The molecule has 0 aliphatic rings. The summed E-state index contributed by atoms with van der Waals surface area (Å²) in [5.74, 6) is 0.160. The summed E-state index contributed by atoms with van der Waals surface area (Å²) in [5, 5.41) is 0.327. The minimum atomic E-state index is 0.160. The molecule has 0 fully saturated rings. The second-order valence-corrected chi connectivity index (χ2v) is 2.13. The van der Waals surface area contributed by atoms with Crippen LogP contribution >= 0.6 is 11.6 Å². The zero-order chi connectivity index (χ0) is 7.56. The minimum Gasteiger partial charge on any atom is -0.368 e. The monoisotopic (exact) mass is 158 g/mol. The summed E-state index contributed by atoms with van der Waals surface area (Å²) < 4.78 is 0. The fourth-order valence-corrected chi connectivity index (χ4v) is 0.801. The van der Waals surface area contributed by atoms with Crippen LogP contribution in [-0.4, -0.2) is 9.97 Å². The zero-order valence-electron chi connectivity index (χ0n) is 5.21. The van der Waals surface area contributed by atoms with Gasteiger partial charge in [-0.15, -0.1) is 0 Å². The maximum absolute atomic E-state index is 5.54. The molecule has 1 rings (SSSR count). The van der Waals surface area contributed by atoms with Gasteiger partial charge in [0.2, 0.25) is 5.95 Å². The summed E-state index contributed by atoms with van der Waals surface area (Å²) in [6, 6.07) is 1.58. The van der Waals surface area contributed by atoms with Crippen molar-refractivity contribution in [1.82, 2.24) is 9.97 Å². The van der Waals surface area contributed by atoms with Crippen LogP contribution < -0.4 is 11.5 Å². The summed E-state index contributed by atoms with van der Waals surface area (Å²) >= 11 is 5.54. The Bertz CT molecular complexity index is 217. The Morgan fingerprint density at radius 3 is 2.70 bits per heavy atom. The molecule has 0 aliphatic carbocycles. The average molecular weight is 159 g/mol. The molecule has 0 aromatic carbocycles. The molecule has 5 heteroatoms. The van der Waals surface area contributed by atoms with Gasteiger partial charge in [-0.05, 0) is 6.07 Å². The van der Waals surface area contributed by atoms with Crippen molar-refractivity contribution in [2.45, 2.75) is 6.54 Å². The van der Waals surface area contributed by atoms with Gasteiger partial charge in [-0.3, -0.25) is 0 Å². The normalized spacial score (nSPS) is 9.80. The summed E-state index contributed by atoms with van der Waals surface area (Å²) in [7, 11) is 0. The highest BCUT2D eigenvalue weighted by Crippen LogP contribution is 2.06. The second kappa shape index (κ2) is 2.81. The SMILES string of the molecule is NCc1cc(Cl)nc(N)n1. The summed E-state index contributed by atoms with van der Waals surface area (Å²) in [4.78, 5) is 7.47. The molecule has 0 atom stereocenters. The third-order valence-electron chi connectivity index (χ3n) is 0.974. The van der Waals surface area contributed by atoms with E-state index >= 15 is 0 Å². The standard InChI is InChI=1S/C5H7ClN4/c6-4-1-3(2-7)9-5(8)10-4/h1H,2,7H2,(H2,8,9,10). The van der Waals surface area contributed by atoms with Crippen molar-refractivity contribution in [3.8, 4) is 0 Å². The number of aromatic nitrogens is 2. The lowest BCUT2D eigenvalue weighted by Crippen LogP contribution is -2.03. The van der Waals surface area contributed by atoms with Crippen molar-refractivity contribution in [1.29, 1.82) is 0 Å². The molecule has 4 N–H and O–H groups in total. The number of rotatable bonds is 1. The van der Waals surface area contributed by atoms with Gasteiger partial charge in [0.25, 0.3) is 0 Å². The van der Waals surface area contributed by atoms with Crippen LogP contribution in [0.3, 0.4) is 0 Å². The van der Waals surface area contributed by atoms with Crippen molar-refractivity contribution in [2.75, 3.05) is 5.73 Å². The lowest BCUT2D eigenvalue weighted by molar-refractivity contribution is 0.972. The number of nitrogen functional groups attached to an aromatic ring is 1. The Morgan fingerprint density at radius 1 is 1.50 bits per heavy atom. The molecule has 0 bridgehead atoms. The third kappa shape index (κ3) is 1.55. The summed E-state index contributed by atoms with van der Waals surface area (Å²) in [6.45, 7) is 0.326. The smallest absolute Gasteiger partial charge is 0.221 e. The molecule has 0 amide bonds. The first-order chi connectivity index (χ1) is 4.72. The van der Waals surface area contributed by atoms with Crippen LogP contribution in [0.5, 0.6) is 0 Å². The Hall–Kier alpha value is -0.870. The van der Waals surface area contributed by atoms with E-state index < -0.39 is 0 Å². The quantitative estimate of drug-likeness (QED) is 0.572. The van der Waals surface area contributed by atoms with E-state index in [-0.39, 0.29) is 5.95 Å². The van der Waals surface area contributed by atoms with E-state index in [2.05, 4.69) is 9.97 Å². The van der Waals surface area contributed by atoms with Crippen LogP contribution in [-0.2, 0) is 6.54 Å². The maximum Gasteiger partial charge on any atom is 0.221 e. The summed E-state index contributed by atoms with van der Waals surface area (Å²) in [6.07, 6.45) is 0. The first-order valence-electron chi connectivity index (χ1n) is 2.71. The van der Waals surface area contributed by atoms with Crippen molar-refractivity contribution < 1.29 is 0 Å². The van der Waals surface area contributed by atoms with E-state index in [1.807, 2.05) is 0 Å². The lowest BCUT2D eigenvalue weighted by atomic mass is 10.4. The van der Waals surface area contributed by atoms with E-state index in [0.717, 1.165) is 0 Å². The molecule has 1 heterocycles. The second-order valence-electron chi connectivity index (χ2n) is 1.74. The number of halogens is 1. The minimum absolute atomic E-state index is 0.160. The van der Waals surface area contributed by atoms with Gasteiger partial charge in [-0.1, -0.05) is 11.6 Å². The molecule has 0 aliphatic heterocycles. The molecular weight excluding hydrogens is 152 g/mol. The van der Waals surface area contributed by atoms with Gasteiger partial charge in [0.15, 0.2) is 0 Å². The molecule has 10 heavy (non-hydrogen) atoms. The van der Waals surface area contributed by atoms with Gasteiger partial charge in [0, 0.05) is 6.54 Å². The van der Waals surface area contributed by atoms with Crippen molar-refractivity contribution in [3.63, 3.8) is 0 Å². The van der Waals surface area contributed by atoms with Gasteiger partial charge >= 0.3 is 0 Å². The topological polar surface area (TPSA) is 77.8 Å². The number of anilines is 1. The molecular formula is C5H7ClN4. The molecule has 0 radical (unpaired) electrons. The van der Waals surface area contributed by atoms with E-state index in [1.165, 1.54) is 0 Å². The molecule has 0 unspecified atom stereocenters. The highest BCUT2D eigenvalue weighted by Gasteiger charge is 1.96. The van der Waals surface area contributed by atoms with Gasteiger partial charge in [-0.25, -0.2) is 9.97 Å². The van der Waals surface area contributed by atoms with E-state index in [4.69, 9.17) is 23.1 Å². The van der Waals surface area contributed by atoms with Gasteiger partial charge in [0.1, 0.15) is 5.15 Å². The van der Waals surface area contributed by atoms with Gasteiger partial charge < -0.3 is 11.5 Å².